The molecule has 0 aliphatic carbocycles. The number of amides is 3. The first-order valence-electron chi connectivity index (χ1n) is 7.57. The molecule has 1 N–H and O–H groups in total. The van der Waals surface area contributed by atoms with Gasteiger partial charge in [0.15, 0.2) is 0 Å². The molecular formula is C15H21N3O2S. The lowest BCUT2D eigenvalue weighted by Gasteiger charge is -2.37. The van der Waals surface area contributed by atoms with Gasteiger partial charge in [0, 0.05) is 32.6 Å². The Kier molecular flexibility index (Phi) is 4.43. The predicted molar refractivity (Wildman–Crippen MR) is 82.3 cm³/mol. The van der Waals surface area contributed by atoms with Crippen LogP contribution in [-0.2, 0) is 11.2 Å². The summed E-state index contributed by atoms with van der Waals surface area (Å²) in [6, 6.07) is 2.28. The van der Waals surface area contributed by atoms with E-state index in [2.05, 4.69) is 16.8 Å². The maximum absolute atomic E-state index is 12.3. The lowest BCUT2D eigenvalue weighted by atomic mass is 10.0. The molecule has 1 atom stereocenters. The minimum Gasteiger partial charge on any atom is -0.341 e. The maximum Gasteiger partial charge on any atom is 0.317 e. The van der Waals surface area contributed by atoms with Crippen LogP contribution in [0.2, 0.25) is 0 Å². The lowest BCUT2D eigenvalue weighted by Crippen LogP contribution is -2.50. The summed E-state index contributed by atoms with van der Waals surface area (Å²) in [5.41, 5.74) is 1.24. The summed E-state index contributed by atoms with van der Waals surface area (Å²) in [7, 11) is 0. The van der Waals surface area contributed by atoms with Crippen molar-refractivity contribution in [3.8, 4) is 0 Å². The molecule has 3 heterocycles. The van der Waals surface area contributed by atoms with Crippen LogP contribution in [0.15, 0.2) is 16.8 Å². The summed E-state index contributed by atoms with van der Waals surface area (Å²) >= 11 is 1.67. The van der Waals surface area contributed by atoms with Crippen LogP contribution in [-0.4, -0.2) is 54.0 Å². The molecule has 2 fully saturated rings. The highest BCUT2D eigenvalue weighted by atomic mass is 32.1. The lowest BCUT2D eigenvalue weighted by molar-refractivity contribution is -0.133. The second-order valence-electron chi connectivity index (χ2n) is 5.69. The Labute approximate surface area is 128 Å². The average Bonchev–Trinajstić information content (AvgIpc) is 3.16. The average molecular weight is 307 g/mol. The largest absolute Gasteiger partial charge is 0.341 e. The van der Waals surface area contributed by atoms with Gasteiger partial charge in [0.25, 0.3) is 0 Å². The third kappa shape index (κ3) is 3.37. The van der Waals surface area contributed by atoms with Gasteiger partial charge >= 0.3 is 6.03 Å². The Morgan fingerprint density at radius 2 is 2.33 bits per heavy atom. The van der Waals surface area contributed by atoms with Gasteiger partial charge in [-0.15, -0.1) is 0 Å². The van der Waals surface area contributed by atoms with Crippen LogP contribution in [0.4, 0.5) is 4.79 Å². The Balaban J connectivity index is 1.52. The van der Waals surface area contributed by atoms with E-state index in [0.29, 0.717) is 13.0 Å². The molecular weight excluding hydrogens is 286 g/mol. The van der Waals surface area contributed by atoms with E-state index >= 15 is 0 Å². The summed E-state index contributed by atoms with van der Waals surface area (Å²) in [6.45, 7) is 3.01. The molecule has 1 aromatic heterocycles. The Hall–Kier alpha value is -1.56. The fourth-order valence-electron chi connectivity index (χ4n) is 3.11. The molecule has 0 unspecified atom stereocenters. The fourth-order valence-corrected chi connectivity index (χ4v) is 3.82. The second-order valence-corrected chi connectivity index (χ2v) is 6.47. The van der Waals surface area contributed by atoms with Crippen molar-refractivity contribution in [1.29, 1.82) is 0 Å². The van der Waals surface area contributed by atoms with Crippen molar-refractivity contribution in [2.24, 2.45) is 0 Å². The number of piperidine rings is 1. The van der Waals surface area contributed by atoms with Crippen molar-refractivity contribution in [2.75, 3.05) is 26.2 Å². The van der Waals surface area contributed by atoms with Crippen molar-refractivity contribution in [3.63, 3.8) is 0 Å². The number of carbonyl (C=O) groups excluding carboxylic acids is 2. The highest BCUT2D eigenvalue weighted by Gasteiger charge is 2.32. The van der Waals surface area contributed by atoms with E-state index in [1.807, 2.05) is 15.2 Å². The standard InChI is InChI=1S/C15H21N3O2S/c19-14(4-3-12-5-9-21-11-12)17-7-1-2-13(10-17)18-8-6-16-15(18)20/h5,9,11,13H,1-4,6-8,10H2,(H,16,20)/t13-/m1/s1. The van der Waals surface area contributed by atoms with E-state index in [-0.39, 0.29) is 18.0 Å². The molecule has 114 valence electrons. The summed E-state index contributed by atoms with van der Waals surface area (Å²) in [5, 5.41) is 6.98. The zero-order chi connectivity index (χ0) is 14.7. The molecule has 0 radical (unpaired) electrons. The molecule has 3 amide bonds. The highest BCUT2D eigenvalue weighted by Crippen LogP contribution is 2.19. The van der Waals surface area contributed by atoms with Crippen LogP contribution >= 0.6 is 11.3 Å². The van der Waals surface area contributed by atoms with E-state index in [9.17, 15) is 9.59 Å². The van der Waals surface area contributed by atoms with Gasteiger partial charge in [-0.1, -0.05) is 0 Å². The Morgan fingerprint density at radius 1 is 1.43 bits per heavy atom. The fraction of sp³-hybridized carbons (Fsp3) is 0.600. The topological polar surface area (TPSA) is 52.7 Å². The summed E-state index contributed by atoms with van der Waals surface area (Å²) in [5.74, 6) is 0.213. The summed E-state index contributed by atoms with van der Waals surface area (Å²) < 4.78 is 0. The molecule has 5 nitrogen and oxygen atoms in total. The van der Waals surface area contributed by atoms with Gasteiger partial charge in [-0.05, 0) is 41.7 Å². The second kappa shape index (κ2) is 6.47. The number of urea groups is 1. The highest BCUT2D eigenvalue weighted by molar-refractivity contribution is 7.07. The zero-order valence-corrected chi connectivity index (χ0v) is 12.9. The Morgan fingerprint density at radius 3 is 3.05 bits per heavy atom. The van der Waals surface area contributed by atoms with Crippen molar-refractivity contribution in [1.82, 2.24) is 15.1 Å². The molecule has 2 aliphatic rings. The molecule has 0 spiro atoms. The van der Waals surface area contributed by atoms with Gasteiger partial charge in [-0.25, -0.2) is 4.79 Å². The number of likely N-dealkylation sites (tertiary alicyclic amines) is 1. The molecule has 0 bridgehead atoms. The van der Waals surface area contributed by atoms with Crippen LogP contribution in [0.25, 0.3) is 0 Å². The number of hydrogen-bond acceptors (Lipinski definition) is 3. The molecule has 21 heavy (non-hydrogen) atoms. The van der Waals surface area contributed by atoms with Crippen LogP contribution in [0.1, 0.15) is 24.8 Å². The van der Waals surface area contributed by atoms with Crippen molar-refractivity contribution < 1.29 is 9.59 Å². The number of nitrogens with one attached hydrogen (secondary N) is 1. The minimum absolute atomic E-state index is 0.0209. The number of thiophene rings is 1. The number of aryl methyl sites for hydroxylation is 1. The van der Waals surface area contributed by atoms with E-state index in [0.717, 1.165) is 38.9 Å². The molecule has 1 aromatic rings. The van der Waals surface area contributed by atoms with Gasteiger partial charge in [0.2, 0.25) is 5.91 Å². The van der Waals surface area contributed by atoms with Gasteiger partial charge in [0.05, 0.1) is 6.04 Å². The normalized spacial score (nSPS) is 22.5. The molecule has 0 aromatic carbocycles. The van der Waals surface area contributed by atoms with Gasteiger partial charge in [0.1, 0.15) is 0 Å². The monoisotopic (exact) mass is 307 g/mol. The first-order chi connectivity index (χ1) is 10.2. The number of hydrogen-bond donors (Lipinski definition) is 1. The minimum atomic E-state index is 0.0209. The molecule has 3 rings (SSSR count). The first-order valence-corrected chi connectivity index (χ1v) is 8.51. The van der Waals surface area contributed by atoms with E-state index in [4.69, 9.17) is 0 Å². The quantitative estimate of drug-likeness (QED) is 0.920. The predicted octanol–water partition coefficient (Wildman–Crippen LogP) is 1.70. The summed E-state index contributed by atoms with van der Waals surface area (Å²) in [4.78, 5) is 27.9. The van der Waals surface area contributed by atoms with Crippen LogP contribution in [0.3, 0.4) is 0 Å². The van der Waals surface area contributed by atoms with Gasteiger partial charge in [-0.2, -0.15) is 11.3 Å². The van der Waals surface area contributed by atoms with Crippen LogP contribution < -0.4 is 5.32 Å². The molecule has 6 heteroatoms. The van der Waals surface area contributed by atoms with Crippen molar-refractivity contribution in [2.45, 2.75) is 31.7 Å². The van der Waals surface area contributed by atoms with Crippen molar-refractivity contribution >= 4 is 23.3 Å². The number of nitrogens with zero attached hydrogens (tertiary/aromatic N) is 2. The van der Waals surface area contributed by atoms with E-state index in [1.165, 1.54) is 5.56 Å². The smallest absolute Gasteiger partial charge is 0.317 e. The third-order valence-electron chi connectivity index (χ3n) is 4.29. The van der Waals surface area contributed by atoms with Gasteiger partial charge in [-0.3, -0.25) is 4.79 Å². The first kappa shape index (κ1) is 14.4. The molecule has 2 aliphatic heterocycles. The third-order valence-corrected chi connectivity index (χ3v) is 5.02. The van der Waals surface area contributed by atoms with Crippen LogP contribution in [0.5, 0.6) is 0 Å². The zero-order valence-electron chi connectivity index (χ0n) is 12.1. The van der Waals surface area contributed by atoms with E-state index in [1.54, 1.807) is 11.3 Å². The van der Waals surface area contributed by atoms with Gasteiger partial charge < -0.3 is 15.1 Å². The van der Waals surface area contributed by atoms with E-state index < -0.39 is 0 Å². The SMILES string of the molecule is O=C(CCc1ccsc1)N1CCC[C@@H](N2CCNC2=O)C1. The Bertz CT molecular complexity index is 503. The number of rotatable bonds is 4. The molecule has 0 saturated carbocycles. The van der Waals surface area contributed by atoms with Crippen molar-refractivity contribution in [3.05, 3.63) is 22.4 Å². The maximum atomic E-state index is 12.3. The molecule has 2 saturated heterocycles. The van der Waals surface area contributed by atoms with Crippen LogP contribution in [0, 0.1) is 0 Å². The summed E-state index contributed by atoms with van der Waals surface area (Å²) in [6.07, 6.45) is 3.36. The number of carbonyl (C=O) groups is 2.